The van der Waals surface area contributed by atoms with Crippen molar-refractivity contribution in [2.24, 2.45) is 5.73 Å². The first kappa shape index (κ1) is 21.3. The molecule has 1 unspecified atom stereocenters. The number of hydrogen-bond acceptors (Lipinski definition) is 6. The molecule has 30 heavy (non-hydrogen) atoms. The molecule has 2 aromatic carbocycles. The Bertz CT molecular complexity index is 1050. The lowest BCUT2D eigenvalue weighted by atomic mass is 10.1. The number of aryl methyl sites for hydroxylation is 1. The number of methoxy groups -OCH3 is 1. The predicted molar refractivity (Wildman–Crippen MR) is 103 cm³/mol. The number of ether oxygens (including phenoxy) is 2. The Hall–Kier alpha value is -3.46. The first-order valence-corrected chi connectivity index (χ1v) is 9.08. The first-order valence-electron chi connectivity index (χ1n) is 9.08. The van der Waals surface area contributed by atoms with Crippen LogP contribution in [-0.4, -0.2) is 29.7 Å². The molecular weight excluding hydrogens is 398 g/mol. The summed E-state index contributed by atoms with van der Waals surface area (Å²) in [5.74, 6) is -2.70. The van der Waals surface area contributed by atoms with Gasteiger partial charge in [-0.1, -0.05) is 6.92 Å². The fourth-order valence-corrected chi connectivity index (χ4v) is 2.91. The van der Waals surface area contributed by atoms with Crippen LogP contribution in [0.5, 0.6) is 11.5 Å². The number of rotatable bonds is 8. The first-order chi connectivity index (χ1) is 14.4. The lowest BCUT2D eigenvalue weighted by Crippen LogP contribution is -2.19. The zero-order valence-corrected chi connectivity index (χ0v) is 16.3. The number of nitrogens with zero attached hydrogens (tertiary/aromatic N) is 1. The molecular formula is C21H20F2N2O5. The highest BCUT2D eigenvalue weighted by atomic mass is 19.1. The highest BCUT2D eigenvalue weighted by molar-refractivity contribution is 5.93. The quantitative estimate of drug-likeness (QED) is 0.581. The molecule has 0 spiro atoms. The van der Waals surface area contributed by atoms with Gasteiger partial charge in [0.1, 0.15) is 28.6 Å². The van der Waals surface area contributed by atoms with E-state index in [1.165, 1.54) is 0 Å². The van der Waals surface area contributed by atoms with E-state index in [1.54, 1.807) is 31.4 Å². The Kier molecular flexibility index (Phi) is 6.31. The van der Waals surface area contributed by atoms with Crippen molar-refractivity contribution in [1.82, 2.24) is 4.98 Å². The van der Waals surface area contributed by atoms with Crippen molar-refractivity contribution in [2.75, 3.05) is 13.7 Å². The van der Waals surface area contributed by atoms with Gasteiger partial charge in [-0.05, 0) is 36.4 Å². The van der Waals surface area contributed by atoms with Crippen molar-refractivity contribution in [3.05, 3.63) is 65.1 Å². The summed E-state index contributed by atoms with van der Waals surface area (Å²) in [7, 11) is 1.55. The minimum Gasteiger partial charge on any atom is -0.497 e. The monoisotopic (exact) mass is 418 g/mol. The van der Waals surface area contributed by atoms with E-state index in [0.717, 1.165) is 12.1 Å². The van der Waals surface area contributed by atoms with Crippen molar-refractivity contribution >= 4 is 5.91 Å². The number of benzene rings is 2. The molecule has 0 saturated carbocycles. The van der Waals surface area contributed by atoms with E-state index in [4.69, 9.17) is 19.6 Å². The number of halogens is 2. The second kappa shape index (κ2) is 8.91. The summed E-state index contributed by atoms with van der Waals surface area (Å²) in [4.78, 5) is 15.7. The maximum absolute atomic E-state index is 14.5. The van der Waals surface area contributed by atoms with Crippen LogP contribution in [0.4, 0.5) is 8.78 Å². The number of oxazole rings is 1. The molecule has 9 heteroatoms. The summed E-state index contributed by atoms with van der Waals surface area (Å²) in [6.07, 6.45) is -0.687. The zero-order valence-electron chi connectivity index (χ0n) is 16.3. The van der Waals surface area contributed by atoms with Gasteiger partial charge in [-0.15, -0.1) is 0 Å². The molecule has 1 heterocycles. The number of primary amides is 1. The molecule has 7 nitrogen and oxygen atoms in total. The number of aliphatic hydroxyl groups excluding tert-OH is 1. The van der Waals surface area contributed by atoms with Crippen molar-refractivity contribution in [2.45, 2.75) is 19.4 Å². The van der Waals surface area contributed by atoms with Crippen molar-refractivity contribution in [3.8, 4) is 23.0 Å². The second-order valence-corrected chi connectivity index (χ2v) is 6.30. The molecule has 3 N–H and O–H groups in total. The van der Waals surface area contributed by atoms with Gasteiger partial charge < -0.3 is 24.7 Å². The number of aliphatic hydroxyl groups is 1. The van der Waals surface area contributed by atoms with Crippen LogP contribution in [0.25, 0.3) is 11.5 Å². The largest absolute Gasteiger partial charge is 0.497 e. The Labute approximate surface area is 171 Å². The van der Waals surface area contributed by atoms with E-state index in [2.05, 4.69) is 4.98 Å². The van der Waals surface area contributed by atoms with E-state index in [0.29, 0.717) is 23.5 Å². The Morgan fingerprint density at radius 2 is 1.93 bits per heavy atom. The average molecular weight is 418 g/mol. The van der Waals surface area contributed by atoms with E-state index in [9.17, 15) is 18.7 Å². The van der Waals surface area contributed by atoms with Crippen LogP contribution in [0.1, 0.15) is 34.8 Å². The fraction of sp³-hybridized carbons (Fsp3) is 0.238. The van der Waals surface area contributed by atoms with Gasteiger partial charge in [-0.3, -0.25) is 4.79 Å². The Balaban J connectivity index is 1.96. The summed E-state index contributed by atoms with van der Waals surface area (Å²) < 4.78 is 44.6. The lowest BCUT2D eigenvalue weighted by Gasteiger charge is -2.17. The summed E-state index contributed by atoms with van der Waals surface area (Å²) in [6, 6.07) is 8.85. The molecule has 3 rings (SSSR count). The highest BCUT2D eigenvalue weighted by Gasteiger charge is 2.26. The van der Waals surface area contributed by atoms with Gasteiger partial charge >= 0.3 is 0 Å². The number of carbonyl (C=O) groups excluding carboxylic acids is 1. The number of carbonyl (C=O) groups is 1. The third-order valence-corrected chi connectivity index (χ3v) is 4.43. The average Bonchev–Trinajstić information content (AvgIpc) is 3.17. The van der Waals surface area contributed by atoms with E-state index >= 15 is 0 Å². The molecule has 0 fully saturated rings. The van der Waals surface area contributed by atoms with E-state index in [1.807, 2.05) is 6.92 Å². The standard InChI is InChI=1S/C21H20F2N2O5/c1-3-14-19(25-21(30-14)11-4-6-12(28-2)7-5-11)16(10-26)29-15-9-8-13(22)17(18(15)23)20(24)27/h4-9,16,26H,3,10H2,1-2H3,(H2,24,27). The van der Waals surface area contributed by atoms with Crippen LogP contribution in [-0.2, 0) is 6.42 Å². The van der Waals surface area contributed by atoms with E-state index in [-0.39, 0.29) is 11.6 Å². The molecule has 0 saturated heterocycles. The van der Waals surface area contributed by atoms with Crippen LogP contribution in [0.2, 0.25) is 0 Å². The number of hydrogen-bond donors (Lipinski definition) is 2. The third-order valence-electron chi connectivity index (χ3n) is 4.43. The normalized spacial score (nSPS) is 11.9. The van der Waals surface area contributed by atoms with Crippen LogP contribution >= 0.6 is 0 Å². The molecule has 0 radical (unpaired) electrons. The molecule has 1 aromatic heterocycles. The summed E-state index contributed by atoms with van der Waals surface area (Å²) >= 11 is 0. The SMILES string of the molecule is CCc1oc(-c2ccc(OC)cc2)nc1C(CO)Oc1ccc(F)c(C(N)=O)c1F. The van der Waals surface area contributed by atoms with Gasteiger partial charge in [-0.25, -0.2) is 13.8 Å². The van der Waals surface area contributed by atoms with Crippen LogP contribution in [0.15, 0.2) is 40.8 Å². The predicted octanol–water partition coefficient (Wildman–Crippen LogP) is 3.40. The Morgan fingerprint density at radius 3 is 2.50 bits per heavy atom. The van der Waals surface area contributed by atoms with Crippen molar-refractivity contribution in [1.29, 1.82) is 0 Å². The van der Waals surface area contributed by atoms with Gasteiger partial charge in [0.2, 0.25) is 5.89 Å². The molecule has 3 aromatic rings. The van der Waals surface area contributed by atoms with Gasteiger partial charge in [0, 0.05) is 12.0 Å². The topological polar surface area (TPSA) is 108 Å². The molecule has 1 amide bonds. The molecule has 158 valence electrons. The summed E-state index contributed by atoms with van der Waals surface area (Å²) in [5, 5.41) is 9.82. The van der Waals surface area contributed by atoms with Gasteiger partial charge in [0.25, 0.3) is 5.91 Å². The minimum atomic E-state index is -1.27. The van der Waals surface area contributed by atoms with Crippen LogP contribution < -0.4 is 15.2 Å². The van der Waals surface area contributed by atoms with Gasteiger partial charge in [-0.2, -0.15) is 0 Å². The van der Waals surface area contributed by atoms with Gasteiger partial charge in [0.15, 0.2) is 17.7 Å². The summed E-state index contributed by atoms with van der Waals surface area (Å²) in [6.45, 7) is 1.25. The van der Waals surface area contributed by atoms with Crippen molar-refractivity contribution in [3.63, 3.8) is 0 Å². The molecule has 0 aliphatic heterocycles. The number of amides is 1. The fourth-order valence-electron chi connectivity index (χ4n) is 2.91. The molecule has 0 bridgehead atoms. The van der Waals surface area contributed by atoms with Gasteiger partial charge in [0.05, 0.1) is 13.7 Å². The molecule has 1 atom stereocenters. The minimum absolute atomic E-state index is 0.259. The molecule has 0 aliphatic carbocycles. The van der Waals surface area contributed by atoms with Crippen LogP contribution in [0, 0.1) is 11.6 Å². The number of aromatic nitrogens is 1. The van der Waals surface area contributed by atoms with Crippen molar-refractivity contribution < 1.29 is 32.6 Å². The third kappa shape index (κ3) is 4.11. The highest BCUT2D eigenvalue weighted by Crippen LogP contribution is 2.32. The lowest BCUT2D eigenvalue weighted by molar-refractivity contribution is 0.0978. The second-order valence-electron chi connectivity index (χ2n) is 6.30. The zero-order chi connectivity index (χ0) is 21.8. The maximum Gasteiger partial charge on any atom is 0.254 e. The maximum atomic E-state index is 14.5. The number of nitrogens with two attached hydrogens (primary N) is 1. The van der Waals surface area contributed by atoms with Crippen LogP contribution in [0.3, 0.4) is 0 Å². The molecule has 0 aliphatic rings. The smallest absolute Gasteiger partial charge is 0.254 e. The van der Waals surface area contributed by atoms with E-state index < -0.39 is 41.6 Å². The Morgan fingerprint density at radius 1 is 1.23 bits per heavy atom. The summed E-state index contributed by atoms with van der Waals surface area (Å²) in [5.41, 5.74) is 5.04.